The molecule has 5 heteroatoms. The van der Waals surface area contributed by atoms with Crippen LogP contribution in [0.2, 0.25) is 0 Å². The molecule has 2 rings (SSSR count). The van der Waals surface area contributed by atoms with Gasteiger partial charge in [0, 0.05) is 22.4 Å². The molecule has 3 nitrogen and oxygen atoms in total. The van der Waals surface area contributed by atoms with Gasteiger partial charge < -0.3 is 5.73 Å². The first kappa shape index (κ1) is 16.8. The van der Waals surface area contributed by atoms with Crippen LogP contribution in [0.4, 0.5) is 0 Å². The SMILES string of the molecule is CC(C)C1CCC(N)C(Sc2ccc(S(C)(=O)=O)cc2)C1. The van der Waals surface area contributed by atoms with Crippen LogP contribution in [0.3, 0.4) is 0 Å². The van der Waals surface area contributed by atoms with E-state index in [0.717, 1.165) is 23.7 Å². The van der Waals surface area contributed by atoms with Crippen molar-refractivity contribution in [3.63, 3.8) is 0 Å². The number of hydrogen-bond acceptors (Lipinski definition) is 4. The molecule has 21 heavy (non-hydrogen) atoms. The predicted octanol–water partition coefficient (Wildman–Crippen LogP) is 3.33. The van der Waals surface area contributed by atoms with E-state index in [1.807, 2.05) is 12.1 Å². The molecule has 0 bridgehead atoms. The summed E-state index contributed by atoms with van der Waals surface area (Å²) < 4.78 is 23.0. The Morgan fingerprint density at radius 3 is 2.33 bits per heavy atom. The van der Waals surface area contributed by atoms with E-state index in [1.54, 1.807) is 23.9 Å². The maximum absolute atomic E-state index is 11.5. The van der Waals surface area contributed by atoms with Gasteiger partial charge in [0.25, 0.3) is 0 Å². The molecule has 0 aliphatic heterocycles. The quantitative estimate of drug-likeness (QED) is 0.921. The number of nitrogens with two attached hydrogens (primary N) is 1. The first-order chi connectivity index (χ1) is 9.77. The Bertz CT molecular complexity index is 566. The lowest BCUT2D eigenvalue weighted by Gasteiger charge is -2.35. The zero-order valence-electron chi connectivity index (χ0n) is 13.0. The minimum Gasteiger partial charge on any atom is -0.327 e. The molecule has 0 amide bonds. The normalized spacial score (nSPS) is 27.0. The predicted molar refractivity (Wildman–Crippen MR) is 89.4 cm³/mol. The molecule has 1 aromatic carbocycles. The molecule has 1 saturated carbocycles. The lowest BCUT2D eigenvalue weighted by Crippen LogP contribution is -2.39. The van der Waals surface area contributed by atoms with Crippen molar-refractivity contribution >= 4 is 21.6 Å². The second-order valence-corrected chi connectivity index (χ2v) is 9.71. The van der Waals surface area contributed by atoms with Crippen LogP contribution in [0.15, 0.2) is 34.1 Å². The van der Waals surface area contributed by atoms with Crippen molar-refractivity contribution in [3.05, 3.63) is 24.3 Å². The smallest absolute Gasteiger partial charge is 0.175 e. The van der Waals surface area contributed by atoms with Crippen LogP contribution in [-0.4, -0.2) is 26.0 Å². The van der Waals surface area contributed by atoms with Gasteiger partial charge in [-0.25, -0.2) is 8.42 Å². The second kappa shape index (κ2) is 6.71. The van der Waals surface area contributed by atoms with Crippen molar-refractivity contribution in [1.29, 1.82) is 0 Å². The fourth-order valence-electron chi connectivity index (χ4n) is 2.86. The zero-order valence-corrected chi connectivity index (χ0v) is 14.6. The summed E-state index contributed by atoms with van der Waals surface area (Å²) in [6.45, 7) is 4.56. The molecule has 3 unspecified atom stereocenters. The Morgan fingerprint density at radius 2 is 1.81 bits per heavy atom. The van der Waals surface area contributed by atoms with Gasteiger partial charge in [-0.2, -0.15) is 0 Å². The highest BCUT2D eigenvalue weighted by Gasteiger charge is 2.30. The molecular formula is C16H25NO2S2. The number of sulfone groups is 1. The summed E-state index contributed by atoms with van der Waals surface area (Å²) in [6, 6.07) is 7.40. The number of thioether (sulfide) groups is 1. The zero-order chi connectivity index (χ0) is 15.6. The summed E-state index contributed by atoms with van der Waals surface area (Å²) in [7, 11) is -3.12. The van der Waals surface area contributed by atoms with Gasteiger partial charge in [0.1, 0.15) is 0 Å². The van der Waals surface area contributed by atoms with Gasteiger partial charge in [-0.3, -0.25) is 0 Å². The van der Waals surface area contributed by atoms with Gasteiger partial charge in [0.2, 0.25) is 0 Å². The van der Waals surface area contributed by atoms with Crippen molar-refractivity contribution in [1.82, 2.24) is 0 Å². The molecular weight excluding hydrogens is 302 g/mol. The van der Waals surface area contributed by atoms with Crippen LogP contribution in [-0.2, 0) is 9.84 Å². The Labute approximate surface area is 132 Å². The molecule has 0 spiro atoms. The van der Waals surface area contributed by atoms with Gasteiger partial charge >= 0.3 is 0 Å². The van der Waals surface area contributed by atoms with Crippen LogP contribution in [0.25, 0.3) is 0 Å². The van der Waals surface area contributed by atoms with Crippen LogP contribution < -0.4 is 5.73 Å². The van der Waals surface area contributed by atoms with Crippen molar-refractivity contribution in [2.75, 3.05) is 6.26 Å². The van der Waals surface area contributed by atoms with Gasteiger partial charge in [0.05, 0.1) is 4.90 Å². The van der Waals surface area contributed by atoms with Crippen LogP contribution in [0, 0.1) is 11.8 Å². The minimum absolute atomic E-state index is 0.236. The lowest BCUT2D eigenvalue weighted by molar-refractivity contribution is 0.266. The largest absolute Gasteiger partial charge is 0.327 e. The Morgan fingerprint density at radius 1 is 1.19 bits per heavy atom. The monoisotopic (exact) mass is 327 g/mol. The Kier molecular flexibility index (Phi) is 5.38. The van der Waals surface area contributed by atoms with Crippen LogP contribution in [0.5, 0.6) is 0 Å². The highest BCUT2D eigenvalue weighted by Crippen LogP contribution is 2.38. The molecule has 0 saturated heterocycles. The lowest BCUT2D eigenvalue weighted by atomic mass is 9.79. The van der Waals surface area contributed by atoms with E-state index < -0.39 is 9.84 Å². The molecule has 0 heterocycles. The number of hydrogen-bond donors (Lipinski definition) is 1. The average molecular weight is 328 g/mol. The van der Waals surface area contributed by atoms with E-state index in [9.17, 15) is 8.42 Å². The Balaban J connectivity index is 2.06. The van der Waals surface area contributed by atoms with Crippen molar-refractivity contribution in [2.45, 2.75) is 54.2 Å². The van der Waals surface area contributed by atoms with E-state index in [2.05, 4.69) is 13.8 Å². The molecule has 0 radical (unpaired) electrons. The number of rotatable bonds is 4. The summed E-state index contributed by atoms with van der Waals surface area (Å²) in [5, 5.41) is 0.426. The molecule has 3 atom stereocenters. The van der Waals surface area contributed by atoms with Gasteiger partial charge in [-0.15, -0.1) is 11.8 Å². The fourth-order valence-corrected chi connectivity index (χ4v) is 4.79. The van der Waals surface area contributed by atoms with E-state index in [1.165, 1.54) is 12.7 Å². The maximum Gasteiger partial charge on any atom is 0.175 e. The third-order valence-electron chi connectivity index (χ3n) is 4.37. The molecule has 1 aliphatic carbocycles. The van der Waals surface area contributed by atoms with Crippen molar-refractivity contribution in [2.24, 2.45) is 17.6 Å². The molecule has 1 aromatic rings. The molecule has 1 aliphatic rings. The molecule has 0 aromatic heterocycles. The summed E-state index contributed by atoms with van der Waals surface area (Å²) in [5.74, 6) is 1.45. The van der Waals surface area contributed by atoms with E-state index in [-0.39, 0.29) is 6.04 Å². The maximum atomic E-state index is 11.5. The summed E-state index contributed by atoms with van der Waals surface area (Å²) in [5.41, 5.74) is 6.27. The summed E-state index contributed by atoms with van der Waals surface area (Å²) in [4.78, 5) is 1.48. The summed E-state index contributed by atoms with van der Waals surface area (Å²) >= 11 is 1.79. The highest BCUT2D eigenvalue weighted by molar-refractivity contribution is 8.00. The fraction of sp³-hybridized carbons (Fsp3) is 0.625. The standard InChI is InChI=1S/C16H25NO2S2/c1-11(2)12-4-9-15(17)16(10-12)20-13-5-7-14(8-6-13)21(3,18)19/h5-8,11-12,15-16H,4,9-10,17H2,1-3H3. The van der Waals surface area contributed by atoms with Gasteiger partial charge in [0.15, 0.2) is 9.84 Å². The second-order valence-electron chi connectivity index (χ2n) is 6.38. The van der Waals surface area contributed by atoms with Gasteiger partial charge in [-0.1, -0.05) is 13.8 Å². The van der Waals surface area contributed by atoms with Crippen LogP contribution >= 0.6 is 11.8 Å². The number of benzene rings is 1. The summed E-state index contributed by atoms with van der Waals surface area (Å²) in [6.07, 6.45) is 4.70. The first-order valence-corrected chi connectivity index (χ1v) is 10.3. The molecule has 2 N–H and O–H groups in total. The third kappa shape index (κ3) is 4.47. The van der Waals surface area contributed by atoms with E-state index in [4.69, 9.17) is 5.73 Å². The minimum atomic E-state index is -3.12. The molecule has 118 valence electrons. The van der Waals surface area contributed by atoms with Crippen molar-refractivity contribution < 1.29 is 8.42 Å². The van der Waals surface area contributed by atoms with Crippen LogP contribution in [0.1, 0.15) is 33.1 Å². The van der Waals surface area contributed by atoms with E-state index >= 15 is 0 Å². The highest BCUT2D eigenvalue weighted by atomic mass is 32.2. The molecule has 1 fully saturated rings. The Hall–Kier alpha value is -0.520. The topological polar surface area (TPSA) is 60.2 Å². The first-order valence-electron chi connectivity index (χ1n) is 7.49. The van der Waals surface area contributed by atoms with Gasteiger partial charge in [-0.05, 0) is 55.4 Å². The third-order valence-corrected chi connectivity index (χ3v) is 6.88. The van der Waals surface area contributed by atoms with E-state index in [0.29, 0.717) is 16.1 Å². The van der Waals surface area contributed by atoms with Crippen molar-refractivity contribution in [3.8, 4) is 0 Å². The average Bonchev–Trinajstić information content (AvgIpc) is 2.40.